The van der Waals surface area contributed by atoms with Gasteiger partial charge in [-0.1, -0.05) is 13.8 Å². The molecule has 0 fully saturated rings. The number of aliphatic hydroxyl groups excluding tert-OH is 1. The van der Waals surface area contributed by atoms with Gasteiger partial charge in [0, 0.05) is 11.6 Å². The number of nitrogens with zero attached hydrogens (tertiary/aromatic N) is 4. The van der Waals surface area contributed by atoms with Crippen LogP contribution in [-0.2, 0) is 0 Å². The van der Waals surface area contributed by atoms with Gasteiger partial charge < -0.3 is 5.11 Å². The number of fused-ring (bicyclic) bond motifs is 1. The van der Waals surface area contributed by atoms with Crippen LogP contribution in [0.5, 0.6) is 0 Å². The summed E-state index contributed by atoms with van der Waals surface area (Å²) in [7, 11) is 0. The fourth-order valence-electron chi connectivity index (χ4n) is 2.34. The summed E-state index contributed by atoms with van der Waals surface area (Å²) in [5.74, 6) is 0.941. The average molecular weight is 234 g/mol. The molecule has 1 N–H and O–H groups in total. The predicted molar refractivity (Wildman–Crippen MR) is 64.8 cm³/mol. The smallest absolute Gasteiger partial charge is 0.252 e. The molecule has 0 bridgehead atoms. The standard InChI is InChI=1S/C12H18N4O/c1-7(2)11(9(4)17)10-5-8(3)15-12-13-6-14-16(10)12/h5-7,9,11,17H,1-4H3. The fraction of sp³-hybridized carbons (Fsp3) is 0.583. The van der Waals surface area contributed by atoms with Gasteiger partial charge in [-0.15, -0.1) is 0 Å². The van der Waals surface area contributed by atoms with Crippen molar-refractivity contribution < 1.29 is 5.11 Å². The highest BCUT2D eigenvalue weighted by Crippen LogP contribution is 2.28. The van der Waals surface area contributed by atoms with Crippen LogP contribution in [0, 0.1) is 12.8 Å². The van der Waals surface area contributed by atoms with Crippen LogP contribution >= 0.6 is 0 Å². The first-order valence-corrected chi connectivity index (χ1v) is 5.86. The molecule has 2 rings (SSSR count). The van der Waals surface area contributed by atoms with Gasteiger partial charge in [0.15, 0.2) is 0 Å². The minimum Gasteiger partial charge on any atom is -0.393 e. The largest absolute Gasteiger partial charge is 0.393 e. The summed E-state index contributed by atoms with van der Waals surface area (Å²) in [4.78, 5) is 8.41. The summed E-state index contributed by atoms with van der Waals surface area (Å²) < 4.78 is 1.71. The molecule has 0 aliphatic carbocycles. The summed E-state index contributed by atoms with van der Waals surface area (Å²) in [6, 6.07) is 1.97. The molecule has 0 amide bonds. The van der Waals surface area contributed by atoms with E-state index in [1.165, 1.54) is 6.33 Å². The van der Waals surface area contributed by atoms with Gasteiger partial charge in [0.1, 0.15) is 6.33 Å². The summed E-state index contributed by atoms with van der Waals surface area (Å²) in [6.07, 6.45) is 1.06. The SMILES string of the molecule is Cc1cc(C(C(C)C)C(C)O)n2ncnc2n1. The van der Waals surface area contributed by atoms with Crippen LogP contribution in [0.25, 0.3) is 5.78 Å². The van der Waals surface area contributed by atoms with E-state index in [9.17, 15) is 5.11 Å². The number of rotatable bonds is 3. The molecule has 2 atom stereocenters. The molecule has 0 saturated carbocycles. The third-order valence-corrected chi connectivity index (χ3v) is 2.99. The minimum atomic E-state index is -0.427. The van der Waals surface area contributed by atoms with Crippen molar-refractivity contribution >= 4 is 5.78 Å². The van der Waals surface area contributed by atoms with E-state index in [1.54, 1.807) is 4.52 Å². The molecular formula is C12H18N4O. The molecule has 92 valence electrons. The van der Waals surface area contributed by atoms with Gasteiger partial charge in [-0.25, -0.2) is 9.50 Å². The van der Waals surface area contributed by atoms with Crippen molar-refractivity contribution in [2.45, 2.75) is 39.7 Å². The maximum absolute atomic E-state index is 9.94. The topological polar surface area (TPSA) is 63.3 Å². The van der Waals surface area contributed by atoms with Crippen molar-refractivity contribution in [1.82, 2.24) is 19.6 Å². The monoisotopic (exact) mass is 234 g/mol. The van der Waals surface area contributed by atoms with Crippen LogP contribution in [0.4, 0.5) is 0 Å². The van der Waals surface area contributed by atoms with Crippen molar-refractivity contribution in [2.24, 2.45) is 5.92 Å². The van der Waals surface area contributed by atoms with Gasteiger partial charge in [-0.2, -0.15) is 10.1 Å². The highest BCUT2D eigenvalue weighted by atomic mass is 16.3. The van der Waals surface area contributed by atoms with E-state index >= 15 is 0 Å². The number of aryl methyl sites for hydroxylation is 1. The molecule has 0 spiro atoms. The van der Waals surface area contributed by atoms with Gasteiger partial charge in [0.2, 0.25) is 0 Å². The predicted octanol–water partition coefficient (Wildman–Crippen LogP) is 1.55. The lowest BCUT2D eigenvalue weighted by molar-refractivity contribution is 0.137. The second-order valence-electron chi connectivity index (χ2n) is 4.80. The van der Waals surface area contributed by atoms with Gasteiger partial charge in [-0.3, -0.25) is 0 Å². The Hall–Kier alpha value is -1.49. The molecule has 2 aromatic heterocycles. The van der Waals surface area contributed by atoms with Crippen molar-refractivity contribution in [3.8, 4) is 0 Å². The molecule has 2 aromatic rings. The molecule has 2 heterocycles. The molecule has 0 aliphatic heterocycles. The molecule has 2 unspecified atom stereocenters. The Morgan fingerprint density at radius 3 is 2.59 bits per heavy atom. The zero-order valence-corrected chi connectivity index (χ0v) is 10.6. The Balaban J connectivity index is 2.63. The van der Waals surface area contributed by atoms with Crippen LogP contribution in [0.15, 0.2) is 12.4 Å². The third-order valence-electron chi connectivity index (χ3n) is 2.99. The van der Waals surface area contributed by atoms with Crippen molar-refractivity contribution in [2.75, 3.05) is 0 Å². The lowest BCUT2D eigenvalue weighted by Gasteiger charge is -2.24. The Bertz CT molecular complexity index is 510. The van der Waals surface area contributed by atoms with Crippen LogP contribution in [0.1, 0.15) is 38.1 Å². The average Bonchev–Trinajstić information content (AvgIpc) is 2.63. The zero-order valence-electron chi connectivity index (χ0n) is 10.6. The van der Waals surface area contributed by atoms with E-state index in [1.807, 2.05) is 19.9 Å². The van der Waals surface area contributed by atoms with E-state index in [2.05, 4.69) is 28.9 Å². The normalized spacial score (nSPS) is 15.4. The summed E-state index contributed by atoms with van der Waals surface area (Å²) in [5, 5.41) is 14.1. The minimum absolute atomic E-state index is 0.0286. The van der Waals surface area contributed by atoms with Crippen LogP contribution < -0.4 is 0 Å². The third kappa shape index (κ3) is 2.15. The Morgan fingerprint density at radius 2 is 2.00 bits per heavy atom. The highest BCUT2D eigenvalue weighted by Gasteiger charge is 2.24. The Labute approximate surface area is 101 Å². The molecule has 0 radical (unpaired) electrons. The number of hydrogen-bond acceptors (Lipinski definition) is 4. The molecule has 0 saturated heterocycles. The molecule has 5 heteroatoms. The van der Waals surface area contributed by atoms with E-state index in [-0.39, 0.29) is 5.92 Å². The van der Waals surface area contributed by atoms with E-state index in [0.29, 0.717) is 11.7 Å². The summed E-state index contributed by atoms with van der Waals surface area (Å²) in [6.45, 7) is 7.92. The second kappa shape index (κ2) is 4.41. The lowest BCUT2D eigenvalue weighted by atomic mass is 9.87. The summed E-state index contributed by atoms with van der Waals surface area (Å²) in [5.41, 5.74) is 1.86. The number of aliphatic hydroxyl groups is 1. The van der Waals surface area contributed by atoms with Gasteiger partial charge in [-0.05, 0) is 25.8 Å². The van der Waals surface area contributed by atoms with Crippen molar-refractivity contribution in [3.63, 3.8) is 0 Å². The van der Waals surface area contributed by atoms with Crippen LogP contribution in [-0.4, -0.2) is 30.8 Å². The van der Waals surface area contributed by atoms with Gasteiger partial charge in [0.25, 0.3) is 5.78 Å². The zero-order chi connectivity index (χ0) is 12.6. The Morgan fingerprint density at radius 1 is 1.29 bits per heavy atom. The Kier molecular flexibility index (Phi) is 3.11. The molecule has 5 nitrogen and oxygen atoms in total. The van der Waals surface area contributed by atoms with Crippen molar-refractivity contribution in [3.05, 3.63) is 23.8 Å². The van der Waals surface area contributed by atoms with E-state index in [4.69, 9.17) is 0 Å². The van der Waals surface area contributed by atoms with Crippen LogP contribution in [0.2, 0.25) is 0 Å². The molecular weight excluding hydrogens is 216 g/mol. The first kappa shape index (κ1) is 12.0. The quantitative estimate of drug-likeness (QED) is 0.875. The lowest BCUT2D eigenvalue weighted by Crippen LogP contribution is -2.23. The maximum Gasteiger partial charge on any atom is 0.252 e. The highest BCUT2D eigenvalue weighted by molar-refractivity contribution is 5.31. The molecule has 0 aliphatic rings. The number of hydrogen-bond donors (Lipinski definition) is 1. The first-order chi connectivity index (χ1) is 8.00. The fourth-order valence-corrected chi connectivity index (χ4v) is 2.34. The second-order valence-corrected chi connectivity index (χ2v) is 4.80. The maximum atomic E-state index is 9.94. The van der Waals surface area contributed by atoms with Gasteiger partial charge >= 0.3 is 0 Å². The van der Waals surface area contributed by atoms with E-state index < -0.39 is 6.10 Å². The summed E-state index contributed by atoms with van der Waals surface area (Å²) >= 11 is 0. The van der Waals surface area contributed by atoms with E-state index in [0.717, 1.165) is 11.4 Å². The van der Waals surface area contributed by atoms with Gasteiger partial charge in [0.05, 0.1) is 11.8 Å². The molecule has 0 aromatic carbocycles. The molecule has 17 heavy (non-hydrogen) atoms. The number of aromatic nitrogens is 4. The first-order valence-electron chi connectivity index (χ1n) is 5.86. The van der Waals surface area contributed by atoms with Crippen LogP contribution in [0.3, 0.4) is 0 Å². The van der Waals surface area contributed by atoms with Crippen molar-refractivity contribution in [1.29, 1.82) is 0 Å².